The van der Waals surface area contributed by atoms with E-state index in [1.807, 2.05) is 30.3 Å². The van der Waals surface area contributed by atoms with Gasteiger partial charge in [-0.15, -0.1) is 0 Å². The molecule has 40 heavy (non-hydrogen) atoms. The number of hydrogen-bond donors (Lipinski definition) is 2. The Hall–Kier alpha value is -3.95. The van der Waals surface area contributed by atoms with Crippen molar-refractivity contribution < 1.29 is 19.1 Å². The first-order valence-electron chi connectivity index (χ1n) is 14.2. The molecule has 0 saturated heterocycles. The van der Waals surface area contributed by atoms with Crippen LogP contribution >= 0.6 is 0 Å². The van der Waals surface area contributed by atoms with Crippen LogP contribution in [-0.2, 0) is 14.3 Å². The average Bonchev–Trinajstić information content (AvgIpc) is 3.60. The minimum absolute atomic E-state index is 0.0141. The van der Waals surface area contributed by atoms with E-state index in [0.29, 0.717) is 24.5 Å². The zero-order valence-electron chi connectivity index (χ0n) is 23.7. The third kappa shape index (κ3) is 7.58. The highest BCUT2D eigenvalue weighted by atomic mass is 16.5. The minimum atomic E-state index is -0.171. The van der Waals surface area contributed by atoms with Crippen LogP contribution in [0.4, 0.5) is 17.3 Å². The first-order chi connectivity index (χ1) is 19.4. The molecule has 214 valence electrons. The Labute approximate surface area is 235 Å². The minimum Gasteiger partial charge on any atom is -0.469 e. The molecule has 3 aromatic rings. The van der Waals surface area contributed by atoms with Crippen molar-refractivity contribution in [2.24, 2.45) is 0 Å². The Kier molecular flexibility index (Phi) is 10.1. The van der Waals surface area contributed by atoms with Gasteiger partial charge in [0, 0.05) is 55.9 Å². The number of fused-ring (bicyclic) bond motifs is 1. The van der Waals surface area contributed by atoms with E-state index in [0.717, 1.165) is 80.2 Å². The average molecular weight is 549 g/mol. The molecule has 2 amide bonds. The lowest BCUT2D eigenvalue weighted by Crippen LogP contribution is -2.25. The molecule has 10 heteroatoms. The van der Waals surface area contributed by atoms with E-state index >= 15 is 0 Å². The molecule has 0 spiro atoms. The van der Waals surface area contributed by atoms with Crippen LogP contribution in [0.5, 0.6) is 0 Å². The molecule has 1 aliphatic carbocycles. The molecule has 1 fully saturated rings. The molecule has 1 saturated carbocycles. The summed E-state index contributed by atoms with van der Waals surface area (Å²) in [5.74, 6) is 0.236. The van der Waals surface area contributed by atoms with Gasteiger partial charge in [0.2, 0.25) is 11.9 Å². The van der Waals surface area contributed by atoms with Crippen LogP contribution in [0, 0.1) is 0 Å². The van der Waals surface area contributed by atoms with Gasteiger partial charge in [-0.05, 0) is 56.0 Å². The number of anilines is 3. The summed E-state index contributed by atoms with van der Waals surface area (Å²) in [5.41, 5.74) is 2.94. The number of hydrogen-bond acceptors (Lipinski definition) is 7. The zero-order valence-corrected chi connectivity index (χ0v) is 23.7. The Morgan fingerprint density at radius 1 is 0.975 bits per heavy atom. The van der Waals surface area contributed by atoms with E-state index in [4.69, 9.17) is 4.98 Å². The highest BCUT2D eigenvalue weighted by Gasteiger charge is 2.26. The number of amides is 2. The van der Waals surface area contributed by atoms with E-state index in [1.165, 1.54) is 7.11 Å². The molecule has 1 aromatic carbocycles. The predicted molar refractivity (Wildman–Crippen MR) is 156 cm³/mol. The van der Waals surface area contributed by atoms with Crippen LogP contribution in [0.1, 0.15) is 87.2 Å². The number of carbonyl (C=O) groups is 3. The summed E-state index contributed by atoms with van der Waals surface area (Å²) in [6, 6.07) is 9.60. The van der Waals surface area contributed by atoms with Crippen molar-refractivity contribution in [3.63, 3.8) is 0 Å². The van der Waals surface area contributed by atoms with E-state index < -0.39 is 0 Å². The van der Waals surface area contributed by atoms with Crippen molar-refractivity contribution in [3.05, 3.63) is 42.2 Å². The summed E-state index contributed by atoms with van der Waals surface area (Å²) in [5, 5.41) is 7.05. The lowest BCUT2D eigenvalue weighted by Gasteiger charge is -2.19. The maximum absolute atomic E-state index is 12.9. The number of benzene rings is 1. The van der Waals surface area contributed by atoms with Crippen LogP contribution < -0.4 is 10.6 Å². The van der Waals surface area contributed by atoms with Crippen molar-refractivity contribution in [2.75, 3.05) is 31.8 Å². The van der Waals surface area contributed by atoms with Crippen molar-refractivity contribution in [2.45, 2.75) is 76.7 Å². The number of esters is 1. The normalized spacial score (nSPS) is 13.4. The van der Waals surface area contributed by atoms with Crippen molar-refractivity contribution in [1.82, 2.24) is 19.4 Å². The summed E-state index contributed by atoms with van der Waals surface area (Å²) in [6.07, 6.45) is 11.6. The molecule has 2 heterocycles. The molecular weight excluding hydrogens is 508 g/mol. The van der Waals surface area contributed by atoms with Gasteiger partial charge in [0.25, 0.3) is 5.91 Å². The molecular formula is C30H40N6O4. The number of nitrogens with zero attached hydrogens (tertiary/aromatic N) is 4. The lowest BCUT2D eigenvalue weighted by atomic mass is 10.1. The van der Waals surface area contributed by atoms with Crippen molar-refractivity contribution >= 4 is 46.1 Å². The van der Waals surface area contributed by atoms with Crippen LogP contribution in [0.15, 0.2) is 36.5 Å². The van der Waals surface area contributed by atoms with E-state index in [-0.39, 0.29) is 23.8 Å². The third-order valence-electron chi connectivity index (χ3n) is 7.33. The van der Waals surface area contributed by atoms with Gasteiger partial charge in [0.1, 0.15) is 11.3 Å². The second kappa shape index (κ2) is 13.9. The maximum atomic E-state index is 12.9. The molecule has 0 radical (unpaired) electrons. The molecule has 4 rings (SSSR count). The fourth-order valence-corrected chi connectivity index (χ4v) is 5.17. The number of rotatable bonds is 13. The molecule has 10 nitrogen and oxygen atoms in total. The van der Waals surface area contributed by atoms with Crippen LogP contribution in [0.3, 0.4) is 0 Å². The molecule has 0 aliphatic heterocycles. The fourth-order valence-electron chi connectivity index (χ4n) is 5.17. The summed E-state index contributed by atoms with van der Waals surface area (Å²) in [6.45, 7) is 0. The highest BCUT2D eigenvalue weighted by Crippen LogP contribution is 2.35. The zero-order chi connectivity index (χ0) is 28.5. The molecule has 0 atom stereocenters. The quantitative estimate of drug-likeness (QED) is 0.204. The Bertz CT molecular complexity index is 1310. The lowest BCUT2D eigenvalue weighted by molar-refractivity contribution is -0.140. The van der Waals surface area contributed by atoms with E-state index in [9.17, 15) is 14.4 Å². The van der Waals surface area contributed by atoms with Crippen LogP contribution in [0.25, 0.3) is 11.0 Å². The third-order valence-corrected chi connectivity index (χ3v) is 7.33. The molecule has 0 unspecified atom stereocenters. The molecule has 2 aromatic heterocycles. The summed E-state index contributed by atoms with van der Waals surface area (Å²) in [7, 11) is 4.94. The van der Waals surface area contributed by atoms with Crippen LogP contribution in [-0.4, -0.2) is 58.4 Å². The first kappa shape index (κ1) is 29.0. The Balaban J connectivity index is 1.32. The standard InChI is InChI=1S/C30H40N6O4/c1-35(2)29(39)25-19-21-20-31-30(34-28(21)36(25)24-11-9-10-12-24)33-23-17-15-22(16-18-23)32-26(37)13-7-5-4-6-8-14-27(38)40-3/h15-20,24H,4-14H2,1-3H3,(H,32,37)(H,31,33,34). The second-order valence-electron chi connectivity index (χ2n) is 10.6. The van der Waals surface area contributed by atoms with Gasteiger partial charge in [-0.3, -0.25) is 14.4 Å². The van der Waals surface area contributed by atoms with Crippen molar-refractivity contribution in [1.29, 1.82) is 0 Å². The molecule has 0 bridgehead atoms. The highest BCUT2D eigenvalue weighted by molar-refractivity contribution is 5.98. The number of aromatic nitrogens is 3. The first-order valence-corrected chi connectivity index (χ1v) is 14.2. The number of unbranched alkanes of at least 4 members (excludes halogenated alkanes) is 4. The topological polar surface area (TPSA) is 118 Å². The Morgan fingerprint density at radius 2 is 1.62 bits per heavy atom. The molecule has 1 aliphatic rings. The summed E-state index contributed by atoms with van der Waals surface area (Å²) >= 11 is 0. The number of methoxy groups -OCH3 is 1. The van der Waals surface area contributed by atoms with Crippen molar-refractivity contribution in [3.8, 4) is 0 Å². The van der Waals surface area contributed by atoms with E-state index in [2.05, 4.69) is 24.9 Å². The van der Waals surface area contributed by atoms with Gasteiger partial charge in [-0.2, -0.15) is 4.98 Å². The summed E-state index contributed by atoms with van der Waals surface area (Å²) in [4.78, 5) is 47.2. The SMILES string of the molecule is COC(=O)CCCCCCCC(=O)Nc1ccc(Nc2ncc3cc(C(=O)N(C)C)n(C4CCCC4)c3n2)cc1. The maximum Gasteiger partial charge on any atom is 0.305 e. The van der Waals surface area contributed by atoms with Gasteiger partial charge in [0.15, 0.2) is 0 Å². The monoisotopic (exact) mass is 548 g/mol. The van der Waals surface area contributed by atoms with Gasteiger partial charge < -0.3 is 24.8 Å². The van der Waals surface area contributed by atoms with Gasteiger partial charge in [0.05, 0.1) is 7.11 Å². The Morgan fingerprint density at radius 3 is 2.30 bits per heavy atom. The van der Waals surface area contributed by atoms with E-state index in [1.54, 1.807) is 25.2 Å². The van der Waals surface area contributed by atoms with Crippen LogP contribution in [0.2, 0.25) is 0 Å². The van der Waals surface area contributed by atoms with Gasteiger partial charge in [-0.1, -0.05) is 32.1 Å². The van der Waals surface area contributed by atoms with Gasteiger partial charge >= 0.3 is 5.97 Å². The fraction of sp³-hybridized carbons (Fsp3) is 0.500. The molecule has 2 N–H and O–H groups in total. The second-order valence-corrected chi connectivity index (χ2v) is 10.6. The predicted octanol–water partition coefficient (Wildman–Crippen LogP) is 5.83. The van der Waals surface area contributed by atoms with Gasteiger partial charge in [-0.25, -0.2) is 4.98 Å². The smallest absolute Gasteiger partial charge is 0.305 e. The number of ether oxygens (including phenoxy) is 1. The summed E-state index contributed by atoms with van der Waals surface area (Å²) < 4.78 is 6.74. The number of nitrogens with one attached hydrogen (secondary N) is 2. The number of carbonyl (C=O) groups excluding carboxylic acids is 3. The largest absolute Gasteiger partial charge is 0.469 e.